The van der Waals surface area contributed by atoms with Gasteiger partial charge in [0.05, 0.1) is 10.6 Å². The van der Waals surface area contributed by atoms with Gasteiger partial charge in [-0.3, -0.25) is 0 Å². The fourth-order valence-corrected chi connectivity index (χ4v) is 2.28. The van der Waals surface area contributed by atoms with E-state index in [1.165, 1.54) is 12.1 Å². The maximum Gasteiger partial charge on any atom is 0.417 e. The molecule has 6 heteroatoms. The lowest BCUT2D eigenvalue weighted by Gasteiger charge is -2.22. The molecule has 2 N–H and O–H groups in total. The van der Waals surface area contributed by atoms with Crippen molar-refractivity contribution >= 4 is 28.7 Å². The van der Waals surface area contributed by atoms with Crippen molar-refractivity contribution in [2.75, 3.05) is 10.6 Å². The van der Waals surface area contributed by atoms with Crippen molar-refractivity contribution in [1.82, 2.24) is 0 Å². The van der Waals surface area contributed by atoms with Crippen LogP contribution in [0.1, 0.15) is 26.3 Å². The standard InChI is InChI=1S/C17H18ClF3N2/c1-16(2,3)23-12-6-4-11(5-7-12)22-13-8-9-15(18)14(10-13)17(19,20)21/h4-10,22-23H,1-3H3. The van der Waals surface area contributed by atoms with Crippen LogP contribution in [-0.2, 0) is 6.18 Å². The average molecular weight is 343 g/mol. The Kier molecular flexibility index (Phi) is 4.80. The van der Waals surface area contributed by atoms with Crippen LogP contribution in [0.3, 0.4) is 0 Å². The smallest absolute Gasteiger partial charge is 0.380 e. The molecule has 0 aliphatic rings. The summed E-state index contributed by atoms with van der Waals surface area (Å²) in [5.74, 6) is 0. The summed E-state index contributed by atoms with van der Waals surface area (Å²) in [5.41, 5.74) is 1.05. The van der Waals surface area contributed by atoms with Gasteiger partial charge in [0.1, 0.15) is 0 Å². The van der Waals surface area contributed by atoms with E-state index < -0.39 is 11.7 Å². The molecule has 0 aromatic heterocycles. The molecule has 0 amide bonds. The van der Waals surface area contributed by atoms with E-state index in [9.17, 15) is 13.2 Å². The van der Waals surface area contributed by atoms with Crippen molar-refractivity contribution in [3.05, 3.63) is 53.1 Å². The molecule has 0 aliphatic heterocycles. The first-order valence-corrected chi connectivity index (χ1v) is 7.44. The zero-order valence-electron chi connectivity index (χ0n) is 13.1. The Hall–Kier alpha value is -1.88. The van der Waals surface area contributed by atoms with E-state index in [0.717, 1.165) is 11.8 Å². The molecule has 0 aliphatic carbocycles. The highest BCUT2D eigenvalue weighted by Crippen LogP contribution is 2.36. The van der Waals surface area contributed by atoms with E-state index in [2.05, 4.69) is 10.6 Å². The minimum atomic E-state index is -4.48. The third-order valence-electron chi connectivity index (χ3n) is 2.96. The Morgan fingerprint density at radius 2 is 1.35 bits per heavy atom. The summed E-state index contributed by atoms with van der Waals surface area (Å²) in [7, 11) is 0. The highest BCUT2D eigenvalue weighted by Gasteiger charge is 2.33. The number of hydrogen-bond acceptors (Lipinski definition) is 2. The minimum Gasteiger partial charge on any atom is -0.380 e. The molecule has 0 atom stereocenters. The van der Waals surface area contributed by atoms with Crippen LogP contribution >= 0.6 is 11.6 Å². The van der Waals surface area contributed by atoms with E-state index in [4.69, 9.17) is 11.6 Å². The van der Waals surface area contributed by atoms with Gasteiger partial charge in [0.15, 0.2) is 0 Å². The van der Waals surface area contributed by atoms with Gasteiger partial charge in [0, 0.05) is 22.6 Å². The minimum absolute atomic E-state index is 0.0628. The highest BCUT2D eigenvalue weighted by atomic mass is 35.5. The lowest BCUT2D eigenvalue weighted by molar-refractivity contribution is -0.137. The van der Waals surface area contributed by atoms with Crippen molar-refractivity contribution in [3.63, 3.8) is 0 Å². The quantitative estimate of drug-likeness (QED) is 0.682. The van der Waals surface area contributed by atoms with Crippen LogP contribution in [0.25, 0.3) is 0 Å². The van der Waals surface area contributed by atoms with E-state index in [-0.39, 0.29) is 10.6 Å². The van der Waals surface area contributed by atoms with Crippen molar-refractivity contribution in [2.24, 2.45) is 0 Å². The molecule has 23 heavy (non-hydrogen) atoms. The largest absolute Gasteiger partial charge is 0.417 e. The molecule has 2 rings (SSSR count). The summed E-state index contributed by atoms with van der Waals surface area (Å²) in [6, 6.07) is 11.1. The molecule has 0 saturated heterocycles. The Bertz CT molecular complexity index is 674. The van der Waals surface area contributed by atoms with Gasteiger partial charge < -0.3 is 10.6 Å². The van der Waals surface area contributed by atoms with Gasteiger partial charge in [-0.15, -0.1) is 0 Å². The highest BCUT2D eigenvalue weighted by molar-refractivity contribution is 6.31. The fraction of sp³-hybridized carbons (Fsp3) is 0.294. The number of rotatable bonds is 3. The molecule has 2 aromatic rings. The fourth-order valence-electron chi connectivity index (χ4n) is 2.06. The van der Waals surface area contributed by atoms with Crippen LogP contribution in [0.4, 0.5) is 30.2 Å². The van der Waals surface area contributed by atoms with Crippen LogP contribution in [-0.4, -0.2) is 5.54 Å². The van der Waals surface area contributed by atoms with Crippen LogP contribution in [0, 0.1) is 0 Å². The van der Waals surface area contributed by atoms with Crippen molar-refractivity contribution < 1.29 is 13.2 Å². The molecule has 0 heterocycles. The number of alkyl halides is 3. The number of anilines is 3. The zero-order valence-corrected chi connectivity index (χ0v) is 13.8. The number of nitrogens with one attached hydrogen (secondary N) is 2. The number of halogens is 4. The summed E-state index contributed by atoms with van der Waals surface area (Å²) in [6.45, 7) is 6.14. The third-order valence-corrected chi connectivity index (χ3v) is 3.29. The zero-order chi connectivity index (χ0) is 17.3. The third kappa shape index (κ3) is 5.06. The van der Waals surface area contributed by atoms with Gasteiger partial charge >= 0.3 is 6.18 Å². The number of benzene rings is 2. The van der Waals surface area contributed by atoms with E-state index in [1.54, 1.807) is 12.1 Å². The first kappa shape index (κ1) is 17.5. The summed E-state index contributed by atoms with van der Waals surface area (Å²) in [6.07, 6.45) is -4.48. The van der Waals surface area contributed by atoms with Crippen LogP contribution in [0.2, 0.25) is 5.02 Å². The van der Waals surface area contributed by atoms with Crippen molar-refractivity contribution in [1.29, 1.82) is 0 Å². The molecular formula is C17H18ClF3N2. The maximum absolute atomic E-state index is 12.9. The van der Waals surface area contributed by atoms with Gasteiger partial charge in [-0.05, 0) is 63.2 Å². The molecular weight excluding hydrogens is 325 g/mol. The second-order valence-corrected chi connectivity index (χ2v) is 6.68. The molecule has 0 fully saturated rings. The second kappa shape index (κ2) is 6.32. The lowest BCUT2D eigenvalue weighted by Crippen LogP contribution is -2.25. The molecule has 0 saturated carbocycles. The molecule has 0 bridgehead atoms. The van der Waals surface area contributed by atoms with E-state index in [1.807, 2.05) is 32.9 Å². The van der Waals surface area contributed by atoms with Gasteiger partial charge in [-0.1, -0.05) is 11.6 Å². The van der Waals surface area contributed by atoms with Gasteiger partial charge in [-0.25, -0.2) is 0 Å². The Labute approximate surface area is 138 Å². The molecule has 2 aromatic carbocycles. The summed E-state index contributed by atoms with van der Waals surface area (Å²) in [4.78, 5) is 0. The lowest BCUT2D eigenvalue weighted by atomic mass is 10.1. The normalized spacial score (nSPS) is 12.1. The second-order valence-electron chi connectivity index (χ2n) is 6.27. The maximum atomic E-state index is 12.9. The van der Waals surface area contributed by atoms with Gasteiger partial charge in [0.25, 0.3) is 0 Å². The van der Waals surface area contributed by atoms with Crippen LogP contribution in [0.15, 0.2) is 42.5 Å². The van der Waals surface area contributed by atoms with Crippen molar-refractivity contribution in [2.45, 2.75) is 32.5 Å². The monoisotopic (exact) mass is 342 g/mol. The molecule has 2 nitrogen and oxygen atoms in total. The Balaban J connectivity index is 2.17. The Morgan fingerprint density at radius 3 is 1.87 bits per heavy atom. The summed E-state index contributed by atoms with van der Waals surface area (Å²) < 4.78 is 38.6. The van der Waals surface area contributed by atoms with Crippen LogP contribution < -0.4 is 10.6 Å². The van der Waals surface area contributed by atoms with E-state index >= 15 is 0 Å². The predicted molar refractivity (Wildman–Crippen MR) is 89.6 cm³/mol. The average Bonchev–Trinajstić information content (AvgIpc) is 2.40. The first-order chi connectivity index (χ1) is 10.5. The predicted octanol–water partition coefficient (Wildman–Crippen LogP) is 6.31. The van der Waals surface area contributed by atoms with Gasteiger partial charge in [-0.2, -0.15) is 13.2 Å². The van der Waals surface area contributed by atoms with Crippen molar-refractivity contribution in [3.8, 4) is 0 Å². The topological polar surface area (TPSA) is 24.1 Å². The SMILES string of the molecule is CC(C)(C)Nc1ccc(Nc2ccc(Cl)c(C(F)(F)F)c2)cc1. The molecule has 0 unspecified atom stereocenters. The molecule has 0 radical (unpaired) electrons. The van der Waals surface area contributed by atoms with Gasteiger partial charge in [0.2, 0.25) is 0 Å². The Morgan fingerprint density at radius 1 is 0.826 bits per heavy atom. The summed E-state index contributed by atoms with van der Waals surface area (Å²) >= 11 is 5.61. The molecule has 124 valence electrons. The van der Waals surface area contributed by atoms with E-state index in [0.29, 0.717) is 11.4 Å². The first-order valence-electron chi connectivity index (χ1n) is 7.07. The summed E-state index contributed by atoms with van der Waals surface area (Å²) in [5, 5.41) is 5.95. The molecule has 0 spiro atoms. The number of hydrogen-bond donors (Lipinski definition) is 2. The van der Waals surface area contributed by atoms with Crippen LogP contribution in [0.5, 0.6) is 0 Å².